The number of benzene rings is 3. The van der Waals surface area contributed by atoms with Crippen LogP contribution in [0.15, 0.2) is 76.5 Å². The first-order valence-electron chi connectivity index (χ1n) is 9.34. The number of aromatic nitrogens is 4. The molecule has 4 aromatic rings. The summed E-state index contributed by atoms with van der Waals surface area (Å²) in [6.45, 7) is 0. The number of rotatable bonds is 6. The standard InChI is InChI=1S/C19H12IN5O8S2.Na.H/c20-12-1-3-13(4-2-12)23-21-19(22-24(23)14-5-7-15(8-6-14)25(26)27)17-10-9-16(34(28,29)30)11-18(17)35(31,32)33;;/h1-11H,(H-,28,29,30,31,32,33);;/p+1. The average Bonchev–Trinajstić information content (AvgIpc) is 3.23. The summed E-state index contributed by atoms with van der Waals surface area (Å²) in [5.74, 6) is -0.226. The van der Waals surface area contributed by atoms with Gasteiger partial charge in [-0.25, -0.2) is 0 Å². The molecule has 0 aliphatic rings. The van der Waals surface area contributed by atoms with E-state index < -0.39 is 35.0 Å². The Morgan fingerprint density at radius 2 is 1.53 bits per heavy atom. The number of non-ortho nitro benzene ring substituents is 1. The third kappa shape index (κ3) is 5.97. The zero-order valence-electron chi connectivity index (χ0n) is 17.1. The van der Waals surface area contributed by atoms with Gasteiger partial charge in [-0.3, -0.25) is 19.2 Å². The molecule has 0 atom stereocenters. The molecule has 0 fully saturated rings. The van der Waals surface area contributed by atoms with Crippen molar-refractivity contribution in [2.75, 3.05) is 0 Å². The fourth-order valence-electron chi connectivity index (χ4n) is 3.07. The van der Waals surface area contributed by atoms with E-state index in [9.17, 15) is 36.1 Å². The summed E-state index contributed by atoms with van der Waals surface area (Å²) in [6.07, 6.45) is 0. The second-order valence-electron chi connectivity index (χ2n) is 6.96. The molecule has 0 saturated heterocycles. The Hall–Kier alpha value is -2.32. The van der Waals surface area contributed by atoms with Gasteiger partial charge in [0, 0.05) is 20.5 Å². The molecule has 0 amide bonds. The number of nitrogens with zero attached hydrogens (tertiary/aromatic N) is 5. The van der Waals surface area contributed by atoms with E-state index in [1.807, 2.05) is 0 Å². The molecule has 0 aliphatic carbocycles. The van der Waals surface area contributed by atoms with Crippen molar-refractivity contribution < 1.29 is 35.7 Å². The Kier molecular flexibility index (Phi) is 8.30. The Labute approximate surface area is 239 Å². The SMILES string of the molecule is O=[N+]([O-])c1ccc(-n2nc(-c3ccc(S(=O)(=O)O)cc3S(=O)(=O)O)n[n+]2-c2ccc(I)cc2)cc1.[NaH]. The zero-order chi connectivity index (χ0) is 25.5. The number of halogens is 1. The van der Waals surface area contributed by atoms with E-state index >= 15 is 0 Å². The summed E-state index contributed by atoms with van der Waals surface area (Å²) >= 11 is 2.10. The van der Waals surface area contributed by atoms with E-state index in [1.54, 1.807) is 24.3 Å². The van der Waals surface area contributed by atoms with Crippen molar-refractivity contribution in [1.29, 1.82) is 0 Å². The molecule has 0 spiro atoms. The van der Waals surface area contributed by atoms with Crippen molar-refractivity contribution >= 4 is 78.1 Å². The molecule has 0 bridgehead atoms. The molecule has 1 aromatic heterocycles. The Bertz CT molecular complexity index is 1680. The van der Waals surface area contributed by atoms with Crippen molar-refractivity contribution in [2.45, 2.75) is 9.79 Å². The number of nitro groups is 1. The zero-order valence-corrected chi connectivity index (χ0v) is 20.9. The molecule has 3 aromatic carbocycles. The van der Waals surface area contributed by atoms with Crippen molar-refractivity contribution in [2.24, 2.45) is 0 Å². The van der Waals surface area contributed by atoms with E-state index in [4.69, 9.17) is 0 Å². The summed E-state index contributed by atoms with van der Waals surface area (Å²) in [5.41, 5.74) is 0.408. The van der Waals surface area contributed by atoms with Gasteiger partial charge in [-0.15, -0.1) is 0 Å². The quantitative estimate of drug-likeness (QED) is 0.0772. The number of hydrogen-bond acceptors (Lipinski definition) is 8. The van der Waals surface area contributed by atoms with Gasteiger partial charge >= 0.3 is 35.4 Å². The fraction of sp³-hybridized carbons (Fsp3) is 0. The first-order valence-corrected chi connectivity index (χ1v) is 13.3. The van der Waals surface area contributed by atoms with Crippen LogP contribution >= 0.6 is 22.6 Å². The van der Waals surface area contributed by atoms with E-state index in [0.717, 1.165) is 15.7 Å². The number of nitro benzene ring substituents is 1. The summed E-state index contributed by atoms with van der Waals surface area (Å²) in [5, 5.41) is 19.6. The Morgan fingerprint density at radius 1 is 0.917 bits per heavy atom. The van der Waals surface area contributed by atoms with E-state index in [-0.39, 0.29) is 46.6 Å². The monoisotopic (exact) mass is 654 g/mol. The van der Waals surface area contributed by atoms with E-state index in [1.165, 1.54) is 33.9 Å². The second-order valence-corrected chi connectivity index (χ2v) is 11.0. The van der Waals surface area contributed by atoms with Gasteiger partial charge < -0.3 is 0 Å². The molecule has 0 aliphatic heterocycles. The first kappa shape index (κ1) is 28.3. The molecule has 0 saturated carbocycles. The van der Waals surface area contributed by atoms with Crippen LogP contribution in [-0.2, 0) is 20.2 Å². The Morgan fingerprint density at radius 3 is 2.06 bits per heavy atom. The molecule has 17 heteroatoms. The summed E-state index contributed by atoms with van der Waals surface area (Å²) < 4.78 is 66.9. The van der Waals surface area contributed by atoms with E-state index in [0.29, 0.717) is 17.4 Å². The molecule has 1 heterocycles. The van der Waals surface area contributed by atoms with Crippen LogP contribution in [-0.4, -0.2) is 75.4 Å². The van der Waals surface area contributed by atoms with Gasteiger partial charge in [0.2, 0.25) is 0 Å². The maximum atomic E-state index is 12.0. The first-order chi connectivity index (χ1) is 16.3. The van der Waals surface area contributed by atoms with Crippen LogP contribution in [0.1, 0.15) is 0 Å². The van der Waals surface area contributed by atoms with Gasteiger partial charge in [0.1, 0.15) is 10.6 Å². The van der Waals surface area contributed by atoms with Crippen molar-refractivity contribution in [3.8, 4) is 22.8 Å². The molecular weight excluding hydrogens is 640 g/mol. The van der Waals surface area contributed by atoms with Gasteiger partial charge in [0.05, 0.1) is 20.5 Å². The molecule has 0 unspecified atom stereocenters. The molecule has 182 valence electrons. The topological polar surface area (TPSA) is 186 Å². The maximum absolute atomic E-state index is 12.0. The van der Waals surface area contributed by atoms with Crippen LogP contribution in [0.3, 0.4) is 0 Å². The molecule has 36 heavy (non-hydrogen) atoms. The minimum atomic E-state index is -4.97. The molecule has 2 N–H and O–H groups in total. The summed E-state index contributed by atoms with van der Waals surface area (Å²) in [7, 11) is -9.74. The fourth-order valence-corrected chi connectivity index (χ4v) is 4.72. The van der Waals surface area contributed by atoms with Crippen molar-refractivity contribution in [3.63, 3.8) is 0 Å². The third-order valence-corrected chi connectivity index (χ3v) is 7.14. The van der Waals surface area contributed by atoms with Gasteiger partial charge in [0.25, 0.3) is 25.9 Å². The second kappa shape index (κ2) is 10.6. The van der Waals surface area contributed by atoms with Crippen LogP contribution in [0.4, 0.5) is 5.69 Å². The summed E-state index contributed by atoms with van der Waals surface area (Å²) in [6, 6.07) is 14.8. The third-order valence-electron chi connectivity index (χ3n) is 4.68. The van der Waals surface area contributed by atoms with Crippen molar-refractivity contribution in [1.82, 2.24) is 15.0 Å². The van der Waals surface area contributed by atoms with Crippen LogP contribution in [0, 0.1) is 13.7 Å². The normalized spacial score (nSPS) is 11.6. The predicted molar refractivity (Wildman–Crippen MR) is 134 cm³/mol. The van der Waals surface area contributed by atoms with Crippen molar-refractivity contribution in [3.05, 3.63) is 80.4 Å². The van der Waals surface area contributed by atoms with Crippen LogP contribution < -0.4 is 4.80 Å². The Balaban J connectivity index is 0.00000361. The average molecular weight is 654 g/mol. The molecule has 4 rings (SSSR count). The van der Waals surface area contributed by atoms with Crippen LogP contribution in [0.25, 0.3) is 22.8 Å². The molecular formula is C19H14IN5NaO8S2+. The van der Waals surface area contributed by atoms with Gasteiger partial charge in [0.15, 0.2) is 5.69 Å². The van der Waals surface area contributed by atoms with Gasteiger partial charge in [-0.2, -0.15) is 16.8 Å². The minimum absolute atomic E-state index is 0. The summed E-state index contributed by atoms with van der Waals surface area (Å²) in [4.78, 5) is 11.4. The number of hydrogen-bond donors (Lipinski definition) is 2. The van der Waals surface area contributed by atoms with Crippen LogP contribution in [0.2, 0.25) is 0 Å². The molecule has 13 nitrogen and oxygen atoms in total. The predicted octanol–water partition coefficient (Wildman–Crippen LogP) is 1.57. The van der Waals surface area contributed by atoms with Gasteiger partial charge in [-0.05, 0) is 87.1 Å². The molecule has 0 radical (unpaired) electrons. The van der Waals surface area contributed by atoms with Gasteiger partial charge in [-0.1, -0.05) is 0 Å². The van der Waals surface area contributed by atoms with Crippen LogP contribution in [0.5, 0.6) is 0 Å². The van der Waals surface area contributed by atoms with E-state index in [2.05, 4.69) is 32.8 Å². The number of tetrazole rings is 1.